The van der Waals surface area contributed by atoms with Gasteiger partial charge in [0.05, 0.1) is 0 Å². The molecule has 8 nitrogen and oxygen atoms in total. The fraction of sp³-hybridized carbons (Fsp3) is 1.00. The molecule has 0 N–H and O–H groups in total. The molecule has 0 bridgehead atoms. The molecule has 0 amide bonds. The number of hydrogen-bond donors (Lipinski definition) is 0. The summed E-state index contributed by atoms with van der Waals surface area (Å²) >= 11 is 0. The van der Waals surface area contributed by atoms with Crippen LogP contribution in [0.3, 0.4) is 0 Å². The van der Waals surface area contributed by atoms with E-state index in [-0.39, 0.29) is 5.41 Å². The highest BCUT2D eigenvalue weighted by Crippen LogP contribution is 2.27. The second kappa shape index (κ2) is 6.09. The van der Waals surface area contributed by atoms with Gasteiger partial charge in [0.2, 0.25) is 0 Å². The van der Waals surface area contributed by atoms with Crippen LogP contribution in [0.15, 0.2) is 0 Å². The van der Waals surface area contributed by atoms with Crippen molar-refractivity contribution in [1.29, 1.82) is 0 Å². The second-order valence-corrected chi connectivity index (χ2v) is 4.19. The molecule has 0 aromatic heterocycles. The SMILES string of the molecule is CCC(C)(C)C[C@H](CO[N+](=O)[O-])O[N+](=O)[O-]. The van der Waals surface area contributed by atoms with Gasteiger partial charge in [-0.15, -0.1) is 20.2 Å². The number of hydrogen-bond acceptors (Lipinski definition) is 6. The molecule has 0 aliphatic carbocycles. The van der Waals surface area contributed by atoms with E-state index in [1.165, 1.54) is 0 Å². The van der Waals surface area contributed by atoms with Crippen LogP contribution in [0.25, 0.3) is 0 Å². The first kappa shape index (κ1) is 14.4. The molecule has 1 atom stereocenters. The molecule has 0 unspecified atom stereocenters. The maximum Gasteiger partial charge on any atom is 0.294 e. The van der Waals surface area contributed by atoms with Crippen LogP contribution in [0, 0.1) is 25.6 Å². The van der Waals surface area contributed by atoms with Gasteiger partial charge in [0, 0.05) is 0 Å². The van der Waals surface area contributed by atoms with Gasteiger partial charge in [0.25, 0.3) is 10.2 Å². The van der Waals surface area contributed by atoms with Crippen molar-refractivity contribution in [2.24, 2.45) is 5.41 Å². The molecule has 8 heteroatoms. The fourth-order valence-corrected chi connectivity index (χ4v) is 1.15. The summed E-state index contributed by atoms with van der Waals surface area (Å²) in [4.78, 5) is 28.6. The van der Waals surface area contributed by atoms with Gasteiger partial charge in [-0.05, 0) is 11.8 Å². The van der Waals surface area contributed by atoms with Gasteiger partial charge >= 0.3 is 0 Å². The van der Waals surface area contributed by atoms with Crippen molar-refractivity contribution >= 4 is 0 Å². The van der Waals surface area contributed by atoms with E-state index in [1.807, 2.05) is 20.8 Å². The third-order valence-corrected chi connectivity index (χ3v) is 2.34. The normalized spacial score (nSPS) is 12.9. The fourth-order valence-electron chi connectivity index (χ4n) is 1.15. The summed E-state index contributed by atoms with van der Waals surface area (Å²) in [7, 11) is 0. The Morgan fingerprint density at radius 2 is 1.81 bits per heavy atom. The van der Waals surface area contributed by atoms with Crippen molar-refractivity contribution in [3.63, 3.8) is 0 Å². The summed E-state index contributed by atoms with van der Waals surface area (Å²) in [5.41, 5.74) is -0.194. The third-order valence-electron chi connectivity index (χ3n) is 2.34. The Bertz CT molecular complexity index is 255. The van der Waals surface area contributed by atoms with Crippen molar-refractivity contribution in [2.75, 3.05) is 6.61 Å². The van der Waals surface area contributed by atoms with Gasteiger partial charge in [-0.25, -0.2) is 0 Å². The molecule has 16 heavy (non-hydrogen) atoms. The summed E-state index contributed by atoms with van der Waals surface area (Å²) in [5, 5.41) is 18.2. The van der Waals surface area contributed by atoms with E-state index >= 15 is 0 Å². The molecule has 0 radical (unpaired) electrons. The molecule has 0 saturated carbocycles. The zero-order valence-electron chi connectivity index (χ0n) is 9.54. The van der Waals surface area contributed by atoms with Crippen LogP contribution in [-0.2, 0) is 9.68 Å². The Labute approximate surface area is 92.7 Å². The highest BCUT2D eigenvalue weighted by molar-refractivity contribution is 4.71. The van der Waals surface area contributed by atoms with Gasteiger partial charge in [0.1, 0.15) is 12.7 Å². The minimum Gasteiger partial charge on any atom is -0.312 e. The molecular formula is C8H16N2O6. The molecule has 0 rings (SSSR count). The summed E-state index contributed by atoms with van der Waals surface area (Å²) in [6, 6.07) is 0. The van der Waals surface area contributed by atoms with E-state index in [0.717, 1.165) is 6.42 Å². The van der Waals surface area contributed by atoms with Crippen LogP contribution in [0.5, 0.6) is 0 Å². The number of rotatable bonds is 8. The quantitative estimate of drug-likeness (QED) is 0.468. The molecule has 0 aromatic carbocycles. The first-order chi connectivity index (χ1) is 7.26. The van der Waals surface area contributed by atoms with Gasteiger partial charge in [-0.2, -0.15) is 0 Å². The zero-order chi connectivity index (χ0) is 12.8. The molecule has 0 fully saturated rings. The summed E-state index contributed by atoms with van der Waals surface area (Å²) < 4.78 is 0. The first-order valence-electron chi connectivity index (χ1n) is 4.85. The predicted octanol–water partition coefficient (Wildman–Crippen LogP) is 1.60. The van der Waals surface area contributed by atoms with Crippen LogP contribution in [0.2, 0.25) is 0 Å². The molecule has 94 valence electrons. The maximum atomic E-state index is 10.2. The topological polar surface area (TPSA) is 105 Å². The molecule has 0 aromatic rings. The average Bonchev–Trinajstić information content (AvgIpc) is 2.13. The largest absolute Gasteiger partial charge is 0.312 e. The van der Waals surface area contributed by atoms with Crippen LogP contribution in [-0.4, -0.2) is 22.9 Å². The highest BCUT2D eigenvalue weighted by Gasteiger charge is 2.25. The van der Waals surface area contributed by atoms with Gasteiger partial charge < -0.3 is 9.68 Å². The summed E-state index contributed by atoms with van der Waals surface area (Å²) in [5.74, 6) is 0. The minimum atomic E-state index is -0.991. The molecule has 0 aliphatic heterocycles. The Hall–Kier alpha value is -1.60. The molecule has 0 heterocycles. The van der Waals surface area contributed by atoms with Crippen LogP contribution >= 0.6 is 0 Å². The Morgan fingerprint density at radius 3 is 2.19 bits per heavy atom. The lowest BCUT2D eigenvalue weighted by molar-refractivity contribution is -0.790. The average molecular weight is 236 g/mol. The van der Waals surface area contributed by atoms with Crippen LogP contribution in [0.1, 0.15) is 33.6 Å². The first-order valence-corrected chi connectivity index (χ1v) is 4.85. The maximum absolute atomic E-state index is 10.2. The Balaban J connectivity index is 4.30. The highest BCUT2D eigenvalue weighted by atomic mass is 17.0. The standard InChI is InChI=1S/C8H16N2O6/c1-4-8(2,3)5-7(16-10(13)14)6-15-9(11)12/h7H,4-6H2,1-3H3/t7-/m1/s1. The van der Waals surface area contributed by atoms with Gasteiger partial charge in [-0.3, -0.25) is 0 Å². The smallest absolute Gasteiger partial charge is 0.294 e. The van der Waals surface area contributed by atoms with Crippen molar-refractivity contribution in [1.82, 2.24) is 0 Å². The van der Waals surface area contributed by atoms with E-state index in [0.29, 0.717) is 6.42 Å². The van der Waals surface area contributed by atoms with E-state index in [9.17, 15) is 20.2 Å². The minimum absolute atomic E-state index is 0.194. The lowest BCUT2D eigenvalue weighted by Gasteiger charge is -2.26. The van der Waals surface area contributed by atoms with Gasteiger partial charge in [-0.1, -0.05) is 27.2 Å². The van der Waals surface area contributed by atoms with E-state index in [1.54, 1.807) is 0 Å². The van der Waals surface area contributed by atoms with E-state index in [4.69, 9.17) is 0 Å². The lowest BCUT2D eigenvalue weighted by Crippen LogP contribution is -2.30. The number of nitrogens with zero attached hydrogens (tertiary/aromatic N) is 2. The summed E-state index contributed by atoms with van der Waals surface area (Å²) in [6.07, 6.45) is 0.178. The summed E-state index contributed by atoms with van der Waals surface area (Å²) in [6.45, 7) is 5.29. The molecule has 0 spiro atoms. The van der Waals surface area contributed by atoms with Crippen molar-refractivity contribution in [3.8, 4) is 0 Å². The van der Waals surface area contributed by atoms with Crippen LogP contribution < -0.4 is 0 Å². The van der Waals surface area contributed by atoms with Crippen molar-refractivity contribution in [2.45, 2.75) is 39.7 Å². The predicted molar refractivity (Wildman–Crippen MR) is 53.5 cm³/mol. The zero-order valence-corrected chi connectivity index (χ0v) is 9.54. The molecule has 0 aliphatic rings. The van der Waals surface area contributed by atoms with Crippen LogP contribution in [0.4, 0.5) is 0 Å². The molecular weight excluding hydrogens is 220 g/mol. The Morgan fingerprint density at radius 1 is 1.25 bits per heavy atom. The monoisotopic (exact) mass is 236 g/mol. The second-order valence-electron chi connectivity index (χ2n) is 4.19. The third kappa shape index (κ3) is 6.80. The van der Waals surface area contributed by atoms with E-state index in [2.05, 4.69) is 9.68 Å². The lowest BCUT2D eigenvalue weighted by atomic mass is 9.84. The Kier molecular flexibility index (Phi) is 5.48. The van der Waals surface area contributed by atoms with E-state index < -0.39 is 22.9 Å². The van der Waals surface area contributed by atoms with Crippen molar-refractivity contribution < 1.29 is 19.8 Å². The molecule has 0 saturated heterocycles. The van der Waals surface area contributed by atoms with Gasteiger partial charge in [0.15, 0.2) is 0 Å². The van der Waals surface area contributed by atoms with Crippen molar-refractivity contribution in [3.05, 3.63) is 20.2 Å².